The van der Waals surface area contributed by atoms with Gasteiger partial charge in [-0.15, -0.1) is 0 Å². The van der Waals surface area contributed by atoms with Gasteiger partial charge in [-0.3, -0.25) is 4.79 Å². The first kappa shape index (κ1) is 34.6. The summed E-state index contributed by atoms with van der Waals surface area (Å²) >= 11 is 0. The van der Waals surface area contributed by atoms with Crippen molar-refractivity contribution in [2.75, 3.05) is 19.9 Å². The molecule has 5 rings (SSSR count). The van der Waals surface area contributed by atoms with Gasteiger partial charge in [-0.05, 0) is 17.5 Å². The van der Waals surface area contributed by atoms with Crippen molar-refractivity contribution in [1.82, 2.24) is 0 Å². The first-order valence-electron chi connectivity index (χ1n) is 18.6. The van der Waals surface area contributed by atoms with E-state index < -0.39 is 11.6 Å². The van der Waals surface area contributed by atoms with Crippen LogP contribution in [0.2, 0.25) is 0 Å². The molecular weight excluding hydrogens is 574 g/mol. The van der Waals surface area contributed by atoms with Gasteiger partial charge in [0.05, 0.1) is 25.2 Å². The van der Waals surface area contributed by atoms with Gasteiger partial charge in [0, 0.05) is 44.9 Å². The molecule has 2 bridgehead atoms. The van der Waals surface area contributed by atoms with Crippen LogP contribution >= 0.6 is 0 Å². The number of piperidine rings is 1. The van der Waals surface area contributed by atoms with Crippen LogP contribution in [-0.2, 0) is 29.4 Å². The summed E-state index contributed by atoms with van der Waals surface area (Å²) in [5, 5.41) is 0. The quantitative estimate of drug-likeness (QED) is 0.0670. The van der Waals surface area contributed by atoms with E-state index in [-0.39, 0.29) is 18.9 Å². The zero-order chi connectivity index (χ0) is 32.1. The molecule has 2 aromatic rings. The van der Waals surface area contributed by atoms with Gasteiger partial charge in [-0.2, -0.15) is 0 Å². The zero-order valence-electron chi connectivity index (χ0n) is 28.3. The first-order chi connectivity index (χ1) is 22.6. The largest absolute Gasteiger partial charge is 0.459 e. The van der Waals surface area contributed by atoms with E-state index in [0.717, 1.165) is 32.1 Å². The second-order valence-electron chi connectivity index (χ2n) is 14.1. The number of carbonyl (C=O) groups excluding carboxylic acids is 2. The van der Waals surface area contributed by atoms with Gasteiger partial charge in [0.15, 0.2) is 6.79 Å². The van der Waals surface area contributed by atoms with Gasteiger partial charge in [-0.25, -0.2) is 4.79 Å². The van der Waals surface area contributed by atoms with E-state index in [1.54, 1.807) is 0 Å². The SMILES string of the molecule is CCCCCCCCCCCCCC(=O)OCOC(C(=O)OC1CC2CCC(C1)[N+]21CCCC1)(c1ccccc1)c1ccccc1. The fourth-order valence-electron chi connectivity index (χ4n) is 8.70. The number of hydrogen-bond donors (Lipinski definition) is 0. The van der Waals surface area contributed by atoms with Gasteiger partial charge in [-0.1, -0.05) is 132 Å². The summed E-state index contributed by atoms with van der Waals surface area (Å²) in [6.07, 6.45) is 20.7. The molecule has 2 atom stereocenters. The smallest absolute Gasteiger partial charge is 0.348 e. The van der Waals surface area contributed by atoms with Crippen LogP contribution in [0.25, 0.3) is 0 Å². The summed E-state index contributed by atoms with van der Waals surface area (Å²) in [6.45, 7) is 4.50. The normalized spacial score (nSPS) is 21.8. The molecule has 3 aliphatic rings. The van der Waals surface area contributed by atoms with E-state index in [9.17, 15) is 9.59 Å². The van der Waals surface area contributed by atoms with Crippen molar-refractivity contribution in [1.29, 1.82) is 0 Å². The number of quaternary nitrogens is 1. The van der Waals surface area contributed by atoms with Crippen LogP contribution in [0.5, 0.6) is 0 Å². The lowest BCUT2D eigenvalue weighted by Crippen LogP contribution is -2.60. The molecule has 252 valence electrons. The maximum Gasteiger partial charge on any atom is 0.348 e. The van der Waals surface area contributed by atoms with Gasteiger partial charge in [0.2, 0.25) is 5.60 Å². The third-order valence-electron chi connectivity index (χ3n) is 11.2. The van der Waals surface area contributed by atoms with Crippen LogP contribution < -0.4 is 0 Å². The standard InChI is InChI=1S/C40H58NO5/c1-2-3-4-5-6-7-8-9-10-11-18-25-38(42)44-32-45-40(33-21-14-12-15-22-33,34-23-16-13-17-24-34)39(43)46-37-30-35-26-27-36(31-37)41(35)28-19-20-29-41/h12-17,21-24,35-37H,2-11,18-20,25-32H2,1H3/q+1. The van der Waals surface area contributed by atoms with Crippen LogP contribution in [0.1, 0.15) is 134 Å². The monoisotopic (exact) mass is 632 g/mol. The van der Waals surface area contributed by atoms with Gasteiger partial charge < -0.3 is 18.7 Å². The van der Waals surface area contributed by atoms with Crippen LogP contribution in [-0.4, -0.2) is 54.5 Å². The lowest BCUT2D eigenvalue weighted by atomic mass is 9.85. The van der Waals surface area contributed by atoms with E-state index in [1.165, 1.54) is 94.6 Å². The number of hydrogen-bond acceptors (Lipinski definition) is 5. The Hall–Kier alpha value is -2.70. The molecule has 3 aliphatic heterocycles. The van der Waals surface area contributed by atoms with Crippen LogP contribution in [0, 0.1) is 0 Å². The Morgan fingerprint density at radius 3 is 1.74 bits per heavy atom. The number of esters is 2. The van der Waals surface area contributed by atoms with Gasteiger partial charge >= 0.3 is 11.9 Å². The number of benzene rings is 2. The molecule has 0 saturated carbocycles. The second-order valence-corrected chi connectivity index (χ2v) is 14.1. The van der Waals surface area contributed by atoms with E-state index in [0.29, 0.717) is 29.6 Å². The highest BCUT2D eigenvalue weighted by Crippen LogP contribution is 2.47. The lowest BCUT2D eigenvalue weighted by Gasteiger charge is -2.47. The number of carbonyl (C=O) groups is 2. The maximum absolute atomic E-state index is 14.4. The number of nitrogens with zero attached hydrogens (tertiary/aromatic N) is 1. The Labute approximate surface area is 277 Å². The molecule has 6 heteroatoms. The molecular formula is C40H58NO5+. The molecule has 46 heavy (non-hydrogen) atoms. The minimum absolute atomic E-state index is 0.131. The molecule has 0 N–H and O–H groups in total. The van der Waals surface area contributed by atoms with E-state index in [2.05, 4.69) is 6.92 Å². The highest BCUT2D eigenvalue weighted by molar-refractivity contribution is 5.86. The molecule has 2 unspecified atom stereocenters. The van der Waals surface area contributed by atoms with Crippen molar-refractivity contribution >= 4 is 11.9 Å². The Morgan fingerprint density at radius 1 is 0.717 bits per heavy atom. The Morgan fingerprint density at radius 2 is 1.22 bits per heavy atom. The van der Waals surface area contributed by atoms with Crippen LogP contribution in [0.15, 0.2) is 60.7 Å². The molecule has 0 amide bonds. The highest BCUT2D eigenvalue weighted by Gasteiger charge is 2.57. The van der Waals surface area contributed by atoms with E-state index in [1.807, 2.05) is 60.7 Å². The second kappa shape index (κ2) is 17.5. The minimum atomic E-state index is -1.53. The average Bonchev–Trinajstić information content (AvgIpc) is 3.63. The van der Waals surface area contributed by atoms with E-state index >= 15 is 0 Å². The molecule has 2 aromatic carbocycles. The zero-order valence-corrected chi connectivity index (χ0v) is 28.3. The van der Waals surface area contributed by atoms with Crippen molar-refractivity contribution in [2.45, 2.75) is 146 Å². The third-order valence-corrected chi connectivity index (χ3v) is 11.2. The van der Waals surface area contributed by atoms with Gasteiger partial charge in [0.25, 0.3) is 0 Å². The Kier molecular flexibility index (Phi) is 13.1. The summed E-state index contributed by atoms with van der Waals surface area (Å²) in [6, 6.07) is 20.2. The Balaban J connectivity index is 1.17. The minimum Gasteiger partial charge on any atom is -0.459 e. The number of ether oxygens (including phenoxy) is 3. The first-order valence-corrected chi connectivity index (χ1v) is 18.6. The van der Waals surface area contributed by atoms with Crippen LogP contribution in [0.3, 0.4) is 0 Å². The molecule has 3 saturated heterocycles. The molecule has 6 nitrogen and oxygen atoms in total. The fraction of sp³-hybridized carbons (Fsp3) is 0.650. The average molecular weight is 633 g/mol. The topological polar surface area (TPSA) is 61.8 Å². The molecule has 1 spiro atoms. The number of rotatable bonds is 19. The van der Waals surface area contributed by atoms with Crippen molar-refractivity contribution < 1.29 is 28.3 Å². The predicted octanol–water partition coefficient (Wildman–Crippen LogP) is 9.00. The lowest BCUT2D eigenvalue weighted by molar-refractivity contribution is -0.956. The molecule has 0 aromatic heterocycles. The van der Waals surface area contributed by atoms with Crippen molar-refractivity contribution in [2.24, 2.45) is 0 Å². The van der Waals surface area contributed by atoms with Crippen molar-refractivity contribution in [3.05, 3.63) is 71.8 Å². The fourth-order valence-corrected chi connectivity index (χ4v) is 8.70. The van der Waals surface area contributed by atoms with Gasteiger partial charge in [0.1, 0.15) is 6.10 Å². The summed E-state index contributed by atoms with van der Waals surface area (Å²) in [5.41, 5.74) is -0.181. The molecule has 3 heterocycles. The summed E-state index contributed by atoms with van der Waals surface area (Å²) in [7, 11) is 0. The van der Waals surface area contributed by atoms with Crippen molar-refractivity contribution in [3.63, 3.8) is 0 Å². The molecule has 0 aliphatic carbocycles. The third kappa shape index (κ3) is 8.41. The van der Waals surface area contributed by atoms with Crippen LogP contribution in [0.4, 0.5) is 0 Å². The maximum atomic E-state index is 14.4. The Bertz CT molecular complexity index is 1140. The molecule has 3 fully saturated rings. The van der Waals surface area contributed by atoms with E-state index in [4.69, 9.17) is 14.2 Å². The number of unbranched alkanes of at least 4 members (excludes halogenated alkanes) is 10. The highest BCUT2D eigenvalue weighted by atomic mass is 16.7. The summed E-state index contributed by atoms with van der Waals surface area (Å²) < 4.78 is 19.7. The van der Waals surface area contributed by atoms with Crippen molar-refractivity contribution in [3.8, 4) is 0 Å². The molecule has 0 radical (unpaired) electrons. The summed E-state index contributed by atoms with van der Waals surface area (Å²) in [4.78, 5) is 27.2. The predicted molar refractivity (Wildman–Crippen MR) is 182 cm³/mol. The summed E-state index contributed by atoms with van der Waals surface area (Å²) in [5.74, 6) is -0.714.